The van der Waals surface area contributed by atoms with Gasteiger partial charge >= 0.3 is 6.03 Å². The topological polar surface area (TPSA) is 81.1 Å². The van der Waals surface area contributed by atoms with Crippen LogP contribution in [0.1, 0.15) is 18.5 Å². The molecule has 0 aromatic carbocycles. The van der Waals surface area contributed by atoms with E-state index in [9.17, 15) is 4.79 Å². The second-order valence-electron chi connectivity index (χ2n) is 5.64. The minimum atomic E-state index is -0.116. The van der Waals surface area contributed by atoms with Gasteiger partial charge < -0.3 is 15.4 Å². The van der Waals surface area contributed by atoms with Crippen LogP contribution < -0.4 is 10.6 Å². The predicted molar refractivity (Wildman–Crippen MR) is 81.5 cm³/mol. The molecule has 2 aromatic rings. The van der Waals surface area contributed by atoms with Gasteiger partial charge in [0.2, 0.25) is 0 Å². The van der Waals surface area contributed by atoms with Gasteiger partial charge in [0.05, 0.1) is 24.9 Å². The van der Waals surface area contributed by atoms with Crippen LogP contribution in [0.25, 0.3) is 11.3 Å². The summed E-state index contributed by atoms with van der Waals surface area (Å²) in [5.74, 6) is 0. The van der Waals surface area contributed by atoms with Crippen molar-refractivity contribution in [3.63, 3.8) is 0 Å². The third-order valence-corrected chi connectivity index (χ3v) is 4.55. The largest absolute Gasteiger partial charge is 0.368 e. The van der Waals surface area contributed by atoms with Crippen molar-refractivity contribution < 1.29 is 9.53 Å². The van der Waals surface area contributed by atoms with Crippen molar-refractivity contribution in [2.75, 3.05) is 6.54 Å². The summed E-state index contributed by atoms with van der Waals surface area (Å²) in [7, 11) is 0. The number of urea groups is 1. The van der Waals surface area contributed by atoms with E-state index in [4.69, 9.17) is 4.74 Å². The zero-order valence-corrected chi connectivity index (χ0v) is 12.8. The fourth-order valence-electron chi connectivity index (χ4n) is 2.48. The van der Waals surface area contributed by atoms with E-state index in [2.05, 4.69) is 26.3 Å². The van der Waals surface area contributed by atoms with Crippen LogP contribution in [0.3, 0.4) is 0 Å². The lowest BCUT2D eigenvalue weighted by atomic mass is 10.2. The fraction of sp³-hybridized carbons (Fsp3) is 0.500. The first-order chi connectivity index (χ1) is 10.8. The average molecular weight is 319 g/mol. The normalized spacial score (nSPS) is 20.5. The third kappa shape index (κ3) is 2.84. The zero-order valence-electron chi connectivity index (χ0n) is 12.0. The van der Waals surface area contributed by atoms with Crippen molar-refractivity contribution in [1.29, 1.82) is 0 Å². The molecule has 3 heterocycles. The van der Waals surface area contributed by atoms with Crippen LogP contribution >= 0.6 is 11.3 Å². The van der Waals surface area contributed by atoms with E-state index in [1.165, 1.54) is 0 Å². The van der Waals surface area contributed by atoms with Gasteiger partial charge in [-0.25, -0.2) is 9.48 Å². The number of hydrogen-bond donors (Lipinski definition) is 2. The number of hydrogen-bond acceptors (Lipinski definition) is 5. The summed E-state index contributed by atoms with van der Waals surface area (Å²) < 4.78 is 7.71. The molecule has 1 atom stereocenters. The summed E-state index contributed by atoms with van der Waals surface area (Å²) in [6, 6.07) is 2.28. The van der Waals surface area contributed by atoms with E-state index in [1.54, 1.807) is 11.3 Å². The molecular weight excluding hydrogens is 302 g/mol. The van der Waals surface area contributed by atoms with Gasteiger partial charge in [0.1, 0.15) is 5.69 Å². The van der Waals surface area contributed by atoms with Crippen molar-refractivity contribution in [2.45, 2.75) is 38.1 Å². The quantitative estimate of drug-likeness (QED) is 0.892. The van der Waals surface area contributed by atoms with E-state index >= 15 is 0 Å². The second kappa shape index (κ2) is 5.69. The van der Waals surface area contributed by atoms with Gasteiger partial charge in [0, 0.05) is 23.5 Å². The SMILES string of the molecule is O=C(NC[C@H]1Cn2nnc(-c3ccsc3)c2CO1)NC1CC1. The van der Waals surface area contributed by atoms with Gasteiger partial charge in [0.25, 0.3) is 0 Å². The number of fused-ring (bicyclic) bond motifs is 1. The maximum absolute atomic E-state index is 11.6. The van der Waals surface area contributed by atoms with Crippen LogP contribution in [0.2, 0.25) is 0 Å². The Morgan fingerprint density at radius 2 is 2.41 bits per heavy atom. The molecule has 1 aliphatic heterocycles. The van der Waals surface area contributed by atoms with Crippen LogP contribution in [0, 0.1) is 0 Å². The maximum atomic E-state index is 11.6. The average Bonchev–Trinajstić information content (AvgIpc) is 3.03. The number of amides is 2. The number of nitrogens with zero attached hydrogens (tertiary/aromatic N) is 3. The number of thiophene rings is 1. The monoisotopic (exact) mass is 319 g/mol. The van der Waals surface area contributed by atoms with Crippen molar-refractivity contribution in [2.24, 2.45) is 0 Å². The van der Waals surface area contributed by atoms with Crippen LogP contribution in [0.5, 0.6) is 0 Å². The molecule has 0 spiro atoms. The molecule has 0 bridgehead atoms. The molecule has 0 unspecified atom stereocenters. The number of rotatable bonds is 4. The lowest BCUT2D eigenvalue weighted by Crippen LogP contribution is -2.43. The molecule has 2 amide bonds. The number of carbonyl (C=O) groups excluding carboxylic acids is 1. The Balaban J connectivity index is 1.36. The van der Waals surface area contributed by atoms with Crippen molar-refractivity contribution in [3.8, 4) is 11.3 Å². The van der Waals surface area contributed by atoms with E-state index < -0.39 is 0 Å². The maximum Gasteiger partial charge on any atom is 0.315 e. The summed E-state index contributed by atoms with van der Waals surface area (Å²) in [4.78, 5) is 11.6. The zero-order chi connectivity index (χ0) is 14.9. The highest BCUT2D eigenvalue weighted by Crippen LogP contribution is 2.26. The van der Waals surface area contributed by atoms with Gasteiger partial charge in [-0.3, -0.25) is 0 Å². The van der Waals surface area contributed by atoms with Crippen LogP contribution in [-0.4, -0.2) is 39.7 Å². The molecule has 116 valence electrons. The lowest BCUT2D eigenvalue weighted by Gasteiger charge is -2.24. The Bertz CT molecular complexity index is 665. The molecule has 2 N–H and O–H groups in total. The number of aromatic nitrogens is 3. The molecule has 0 saturated heterocycles. The molecule has 1 fully saturated rings. The predicted octanol–water partition coefficient (Wildman–Crippen LogP) is 1.37. The molecule has 0 radical (unpaired) electrons. The highest BCUT2D eigenvalue weighted by Gasteiger charge is 2.26. The van der Waals surface area contributed by atoms with Crippen molar-refractivity contribution >= 4 is 17.4 Å². The van der Waals surface area contributed by atoms with Crippen molar-refractivity contribution in [3.05, 3.63) is 22.5 Å². The molecule has 1 saturated carbocycles. The van der Waals surface area contributed by atoms with Crippen molar-refractivity contribution in [1.82, 2.24) is 25.6 Å². The highest BCUT2D eigenvalue weighted by atomic mass is 32.1. The van der Waals surface area contributed by atoms with Crippen LogP contribution in [-0.2, 0) is 17.9 Å². The number of carbonyl (C=O) groups is 1. The minimum absolute atomic E-state index is 0.0746. The summed E-state index contributed by atoms with van der Waals surface area (Å²) >= 11 is 1.64. The summed E-state index contributed by atoms with van der Waals surface area (Å²) in [6.07, 6.45) is 2.09. The summed E-state index contributed by atoms with van der Waals surface area (Å²) in [5, 5.41) is 18.3. The van der Waals surface area contributed by atoms with Gasteiger partial charge in [-0.15, -0.1) is 5.10 Å². The molecule has 2 aliphatic rings. The van der Waals surface area contributed by atoms with Gasteiger partial charge in [-0.05, 0) is 24.3 Å². The fourth-order valence-corrected chi connectivity index (χ4v) is 3.12. The Morgan fingerprint density at radius 1 is 1.50 bits per heavy atom. The van der Waals surface area contributed by atoms with E-state index in [-0.39, 0.29) is 12.1 Å². The smallest absolute Gasteiger partial charge is 0.315 e. The molecule has 7 nitrogen and oxygen atoms in total. The highest BCUT2D eigenvalue weighted by molar-refractivity contribution is 7.08. The van der Waals surface area contributed by atoms with Gasteiger partial charge in [-0.1, -0.05) is 5.21 Å². The Hall–Kier alpha value is -1.93. The minimum Gasteiger partial charge on any atom is -0.368 e. The molecule has 22 heavy (non-hydrogen) atoms. The Morgan fingerprint density at radius 3 is 3.18 bits per heavy atom. The van der Waals surface area contributed by atoms with Crippen LogP contribution in [0.4, 0.5) is 4.79 Å². The molecule has 2 aromatic heterocycles. The first-order valence-corrected chi connectivity index (χ1v) is 8.35. The lowest BCUT2D eigenvalue weighted by molar-refractivity contribution is 0.00290. The van der Waals surface area contributed by atoms with Gasteiger partial charge in [-0.2, -0.15) is 11.3 Å². The standard InChI is InChI=1S/C14H17N5O2S/c20-14(16-10-1-2-10)15-5-11-6-19-12(7-21-11)13(17-18-19)9-3-4-22-8-9/h3-4,8,10-11H,1-2,5-7H2,(H2,15,16,20)/t11-/m0/s1. The summed E-state index contributed by atoms with van der Waals surface area (Å²) in [6.45, 7) is 1.55. The first-order valence-electron chi connectivity index (χ1n) is 7.40. The number of ether oxygens (including phenoxy) is 1. The van der Waals surface area contributed by atoms with Crippen LogP contribution in [0.15, 0.2) is 16.8 Å². The molecule has 1 aliphatic carbocycles. The molecule has 8 heteroatoms. The van der Waals surface area contributed by atoms with E-state index in [1.807, 2.05) is 16.1 Å². The second-order valence-corrected chi connectivity index (χ2v) is 6.42. The first kappa shape index (κ1) is 13.7. The van der Waals surface area contributed by atoms with E-state index in [0.717, 1.165) is 29.8 Å². The van der Waals surface area contributed by atoms with Gasteiger partial charge in [0.15, 0.2) is 0 Å². The Labute approximate surface area is 131 Å². The number of nitrogens with one attached hydrogen (secondary N) is 2. The summed E-state index contributed by atoms with van der Waals surface area (Å²) in [5.41, 5.74) is 2.96. The van der Waals surface area contributed by atoms with E-state index in [0.29, 0.717) is 25.7 Å². The molecular formula is C14H17N5O2S. The third-order valence-electron chi connectivity index (χ3n) is 3.87. The Kier molecular flexibility index (Phi) is 3.55. The molecule has 4 rings (SSSR count).